The van der Waals surface area contributed by atoms with E-state index >= 15 is 0 Å². The minimum absolute atomic E-state index is 0.232. The van der Waals surface area contributed by atoms with Crippen LogP contribution >= 0.6 is 23.2 Å². The summed E-state index contributed by atoms with van der Waals surface area (Å²) >= 11 is 12.0. The third-order valence-electron chi connectivity index (χ3n) is 3.17. The van der Waals surface area contributed by atoms with E-state index in [1.807, 2.05) is 26.2 Å². The van der Waals surface area contributed by atoms with Crippen LogP contribution in [0.5, 0.6) is 0 Å². The Labute approximate surface area is 140 Å². The van der Waals surface area contributed by atoms with Gasteiger partial charge in [-0.2, -0.15) is 0 Å². The van der Waals surface area contributed by atoms with Gasteiger partial charge in [0.1, 0.15) is 0 Å². The Balaban J connectivity index is 1.97. The highest BCUT2D eigenvalue weighted by Gasteiger charge is 2.12. The van der Waals surface area contributed by atoms with Crippen molar-refractivity contribution in [3.63, 3.8) is 0 Å². The molecule has 22 heavy (non-hydrogen) atoms. The molecule has 0 aliphatic carbocycles. The number of halogens is 2. The zero-order valence-electron chi connectivity index (χ0n) is 12.6. The first-order valence-electron chi connectivity index (χ1n) is 6.92. The van der Waals surface area contributed by atoms with Gasteiger partial charge in [0.2, 0.25) is 0 Å². The van der Waals surface area contributed by atoms with E-state index in [1.54, 1.807) is 18.2 Å². The molecule has 2 aromatic carbocycles. The van der Waals surface area contributed by atoms with E-state index in [-0.39, 0.29) is 10.9 Å². The molecule has 1 N–H and O–H groups in total. The number of benzene rings is 2. The van der Waals surface area contributed by atoms with Crippen molar-refractivity contribution in [1.29, 1.82) is 0 Å². The molecule has 0 unspecified atom stereocenters. The second-order valence-corrected chi connectivity index (χ2v) is 6.12. The van der Waals surface area contributed by atoms with Crippen molar-refractivity contribution in [1.82, 2.24) is 10.2 Å². The lowest BCUT2D eigenvalue weighted by molar-refractivity contribution is 0.0951. The molecule has 0 bridgehead atoms. The third kappa shape index (κ3) is 4.47. The van der Waals surface area contributed by atoms with Crippen molar-refractivity contribution in [2.45, 2.75) is 13.1 Å². The molecule has 0 spiro atoms. The lowest BCUT2D eigenvalue weighted by atomic mass is 10.1. The van der Waals surface area contributed by atoms with Gasteiger partial charge in [-0.05, 0) is 37.4 Å². The predicted molar refractivity (Wildman–Crippen MR) is 91.5 cm³/mol. The number of carbonyl (C=O) groups excluding carboxylic acids is 1. The minimum Gasteiger partial charge on any atom is -0.348 e. The maximum atomic E-state index is 12.1. The Kier molecular flexibility index (Phi) is 5.83. The number of nitrogens with zero attached hydrogens (tertiary/aromatic N) is 1. The van der Waals surface area contributed by atoms with Crippen molar-refractivity contribution in [2.75, 3.05) is 14.1 Å². The highest BCUT2D eigenvalue weighted by Crippen LogP contribution is 2.25. The fourth-order valence-corrected chi connectivity index (χ4v) is 2.47. The summed E-state index contributed by atoms with van der Waals surface area (Å²) in [6.45, 7) is 1.34. The molecule has 0 atom stereocenters. The molecule has 0 fully saturated rings. The zero-order valence-corrected chi connectivity index (χ0v) is 14.1. The first-order chi connectivity index (χ1) is 10.5. The van der Waals surface area contributed by atoms with E-state index in [0.29, 0.717) is 17.1 Å². The summed E-state index contributed by atoms with van der Waals surface area (Å²) in [4.78, 5) is 14.3. The molecule has 0 radical (unpaired) electrons. The Morgan fingerprint density at radius 3 is 2.32 bits per heavy atom. The maximum absolute atomic E-state index is 12.1. The van der Waals surface area contributed by atoms with Crippen LogP contribution in [-0.2, 0) is 13.1 Å². The number of nitrogens with one attached hydrogen (secondary N) is 1. The van der Waals surface area contributed by atoms with Gasteiger partial charge in [0.25, 0.3) is 5.91 Å². The predicted octanol–water partition coefficient (Wildman–Crippen LogP) is 3.99. The molecular weight excluding hydrogens is 319 g/mol. The third-order valence-corrected chi connectivity index (χ3v) is 3.99. The van der Waals surface area contributed by atoms with Crippen LogP contribution in [0.3, 0.4) is 0 Å². The van der Waals surface area contributed by atoms with Gasteiger partial charge in [0.05, 0.1) is 15.6 Å². The van der Waals surface area contributed by atoms with Crippen LogP contribution in [-0.4, -0.2) is 24.9 Å². The number of rotatable bonds is 5. The van der Waals surface area contributed by atoms with Gasteiger partial charge in [-0.3, -0.25) is 4.79 Å². The molecule has 116 valence electrons. The van der Waals surface area contributed by atoms with Gasteiger partial charge in [-0.25, -0.2) is 0 Å². The van der Waals surface area contributed by atoms with Crippen LogP contribution in [0.1, 0.15) is 21.5 Å². The number of hydrogen-bond donors (Lipinski definition) is 1. The molecule has 0 aliphatic heterocycles. The van der Waals surface area contributed by atoms with Crippen LogP contribution < -0.4 is 5.32 Å². The van der Waals surface area contributed by atoms with Crippen LogP contribution in [0.4, 0.5) is 0 Å². The molecule has 0 heterocycles. The van der Waals surface area contributed by atoms with Gasteiger partial charge in [0, 0.05) is 13.1 Å². The Bertz CT molecular complexity index is 654. The molecule has 0 saturated heterocycles. The number of carbonyl (C=O) groups is 1. The smallest absolute Gasteiger partial charge is 0.253 e. The maximum Gasteiger partial charge on any atom is 0.253 e. The lowest BCUT2D eigenvalue weighted by Crippen LogP contribution is -2.23. The summed E-state index contributed by atoms with van der Waals surface area (Å²) in [6.07, 6.45) is 0. The highest BCUT2D eigenvalue weighted by molar-refractivity contribution is 6.43. The van der Waals surface area contributed by atoms with E-state index < -0.39 is 0 Å². The standard InChI is InChI=1S/C17H18Cl2N2O/c1-21(2)11-13-8-6-12(7-9-13)10-20-17(22)14-4-3-5-15(18)16(14)19/h3-9H,10-11H2,1-2H3,(H,20,22). The normalized spacial score (nSPS) is 10.8. The number of hydrogen-bond acceptors (Lipinski definition) is 2. The lowest BCUT2D eigenvalue weighted by Gasteiger charge is -2.11. The first kappa shape index (κ1) is 16.8. The average molecular weight is 337 g/mol. The molecule has 3 nitrogen and oxygen atoms in total. The zero-order chi connectivity index (χ0) is 16.1. The van der Waals surface area contributed by atoms with Crippen molar-refractivity contribution in [3.05, 3.63) is 69.2 Å². The van der Waals surface area contributed by atoms with Crippen molar-refractivity contribution >= 4 is 29.1 Å². The fourth-order valence-electron chi connectivity index (χ4n) is 2.08. The van der Waals surface area contributed by atoms with Crippen LogP contribution in [0.2, 0.25) is 10.0 Å². The Morgan fingerprint density at radius 2 is 1.68 bits per heavy atom. The SMILES string of the molecule is CN(C)Cc1ccc(CNC(=O)c2cccc(Cl)c2Cl)cc1. The largest absolute Gasteiger partial charge is 0.348 e. The summed E-state index contributed by atoms with van der Waals surface area (Å²) in [5.74, 6) is -0.232. The molecule has 0 aliphatic rings. The van der Waals surface area contributed by atoms with Gasteiger partial charge in [0.15, 0.2) is 0 Å². The second-order valence-electron chi connectivity index (χ2n) is 5.34. The first-order valence-corrected chi connectivity index (χ1v) is 7.67. The molecule has 2 rings (SSSR count). The molecule has 2 aromatic rings. The molecule has 1 amide bonds. The molecule has 0 saturated carbocycles. The Morgan fingerprint density at radius 1 is 1.05 bits per heavy atom. The molecular formula is C17H18Cl2N2O. The van der Waals surface area contributed by atoms with E-state index in [4.69, 9.17) is 23.2 Å². The van der Waals surface area contributed by atoms with Crippen molar-refractivity contribution in [3.8, 4) is 0 Å². The van der Waals surface area contributed by atoms with E-state index in [0.717, 1.165) is 12.1 Å². The highest BCUT2D eigenvalue weighted by atomic mass is 35.5. The summed E-state index contributed by atoms with van der Waals surface area (Å²) < 4.78 is 0. The topological polar surface area (TPSA) is 32.3 Å². The van der Waals surface area contributed by atoms with Crippen LogP contribution in [0.15, 0.2) is 42.5 Å². The van der Waals surface area contributed by atoms with Gasteiger partial charge < -0.3 is 10.2 Å². The van der Waals surface area contributed by atoms with Crippen molar-refractivity contribution < 1.29 is 4.79 Å². The summed E-state index contributed by atoms with van der Waals surface area (Å²) in [5, 5.41) is 3.51. The van der Waals surface area contributed by atoms with Gasteiger partial charge in [-0.15, -0.1) is 0 Å². The summed E-state index contributed by atoms with van der Waals surface area (Å²) in [7, 11) is 4.06. The van der Waals surface area contributed by atoms with E-state index in [2.05, 4.69) is 22.3 Å². The van der Waals surface area contributed by atoms with E-state index in [9.17, 15) is 4.79 Å². The van der Waals surface area contributed by atoms with Gasteiger partial charge >= 0.3 is 0 Å². The second kappa shape index (κ2) is 7.63. The van der Waals surface area contributed by atoms with E-state index in [1.165, 1.54) is 5.56 Å². The quantitative estimate of drug-likeness (QED) is 0.895. The number of amides is 1. The monoisotopic (exact) mass is 336 g/mol. The summed E-state index contributed by atoms with van der Waals surface area (Å²) in [6, 6.07) is 13.2. The fraction of sp³-hybridized carbons (Fsp3) is 0.235. The van der Waals surface area contributed by atoms with Crippen LogP contribution in [0, 0.1) is 0 Å². The molecule has 5 heteroatoms. The average Bonchev–Trinajstić information content (AvgIpc) is 2.48. The van der Waals surface area contributed by atoms with Crippen LogP contribution in [0.25, 0.3) is 0 Å². The van der Waals surface area contributed by atoms with Gasteiger partial charge in [-0.1, -0.05) is 53.5 Å². The summed E-state index contributed by atoms with van der Waals surface area (Å²) in [5.41, 5.74) is 2.66. The minimum atomic E-state index is -0.232. The van der Waals surface area contributed by atoms with Crippen molar-refractivity contribution in [2.24, 2.45) is 0 Å². The molecule has 0 aromatic heterocycles. The Hall–Kier alpha value is -1.55.